The average Bonchev–Trinajstić information content (AvgIpc) is 3.12. The molecule has 2 atom stereocenters. The molecule has 0 bridgehead atoms. The fourth-order valence-electron chi connectivity index (χ4n) is 4.04. The Morgan fingerprint density at radius 3 is 2.17 bits per heavy atom. The highest BCUT2D eigenvalue weighted by atomic mass is 16.6. The van der Waals surface area contributed by atoms with Gasteiger partial charge < -0.3 is 15.0 Å². The molecule has 8 heteroatoms. The second-order valence-electron chi connectivity index (χ2n) is 9.02. The highest BCUT2D eigenvalue weighted by Gasteiger charge is 2.39. The molecule has 1 saturated heterocycles. The Hall–Kier alpha value is -2.64. The van der Waals surface area contributed by atoms with Gasteiger partial charge in [0.2, 0.25) is 5.95 Å². The van der Waals surface area contributed by atoms with Crippen LogP contribution < -0.4 is 5.32 Å². The third kappa shape index (κ3) is 5.29. The minimum atomic E-state index is -0.493. The number of aryl methyl sites for hydroxylation is 1. The van der Waals surface area contributed by atoms with E-state index < -0.39 is 5.60 Å². The zero-order valence-electron chi connectivity index (χ0n) is 18.9. The lowest BCUT2D eigenvalue weighted by molar-refractivity contribution is -0.00812. The van der Waals surface area contributed by atoms with Crippen LogP contribution in [0.1, 0.15) is 60.3 Å². The fourth-order valence-corrected chi connectivity index (χ4v) is 4.04. The van der Waals surface area contributed by atoms with Gasteiger partial charge in [-0.2, -0.15) is 5.10 Å². The van der Waals surface area contributed by atoms with Crippen molar-refractivity contribution in [1.29, 1.82) is 0 Å². The third-order valence-electron chi connectivity index (χ3n) is 5.47. The first-order chi connectivity index (χ1) is 14.2. The van der Waals surface area contributed by atoms with E-state index in [0.29, 0.717) is 5.95 Å². The van der Waals surface area contributed by atoms with Gasteiger partial charge in [0, 0.05) is 54.9 Å². The fraction of sp³-hybridized carbons (Fsp3) is 0.636. The predicted octanol–water partition coefficient (Wildman–Crippen LogP) is 4.25. The van der Waals surface area contributed by atoms with Crippen LogP contribution in [0.5, 0.6) is 0 Å². The summed E-state index contributed by atoms with van der Waals surface area (Å²) < 4.78 is 7.45. The quantitative estimate of drug-likeness (QED) is 0.787. The maximum absolute atomic E-state index is 12.8. The monoisotopic (exact) mass is 414 g/mol. The summed E-state index contributed by atoms with van der Waals surface area (Å²) in [6.45, 7) is 9.97. The Labute approximate surface area is 179 Å². The number of aromatic nitrogens is 4. The van der Waals surface area contributed by atoms with E-state index >= 15 is 0 Å². The molecule has 1 fully saturated rings. The Kier molecular flexibility index (Phi) is 6.63. The van der Waals surface area contributed by atoms with Crippen molar-refractivity contribution in [2.24, 2.45) is 7.05 Å². The number of hydrogen-bond donors (Lipinski definition) is 1. The van der Waals surface area contributed by atoms with Gasteiger partial charge in [0.05, 0.1) is 6.20 Å². The summed E-state index contributed by atoms with van der Waals surface area (Å²) in [5, 5.41) is 7.67. The van der Waals surface area contributed by atoms with Crippen LogP contribution in [0.2, 0.25) is 0 Å². The summed E-state index contributed by atoms with van der Waals surface area (Å²) in [7, 11) is 1.89. The van der Waals surface area contributed by atoms with Gasteiger partial charge in [0.15, 0.2) is 0 Å². The summed E-state index contributed by atoms with van der Waals surface area (Å²) in [5.74, 6) is 0.614. The van der Waals surface area contributed by atoms with Crippen molar-refractivity contribution in [3.63, 3.8) is 0 Å². The van der Waals surface area contributed by atoms with Gasteiger partial charge in [-0.1, -0.05) is 13.8 Å². The van der Waals surface area contributed by atoms with Crippen LogP contribution in [-0.2, 0) is 11.8 Å². The minimum Gasteiger partial charge on any atom is -0.444 e. The van der Waals surface area contributed by atoms with Crippen molar-refractivity contribution >= 4 is 12.0 Å². The van der Waals surface area contributed by atoms with Gasteiger partial charge in [0.25, 0.3) is 0 Å². The topological polar surface area (TPSA) is 85.2 Å². The van der Waals surface area contributed by atoms with Gasteiger partial charge in [-0.25, -0.2) is 14.8 Å². The van der Waals surface area contributed by atoms with E-state index in [-0.39, 0.29) is 24.2 Å². The Bertz CT molecular complexity index is 828. The van der Waals surface area contributed by atoms with Crippen LogP contribution in [0, 0.1) is 0 Å². The number of anilines is 1. The van der Waals surface area contributed by atoms with E-state index in [1.54, 1.807) is 10.9 Å². The number of nitrogens with one attached hydrogen (secondary N) is 1. The molecule has 0 aromatic carbocycles. The first kappa shape index (κ1) is 22.1. The normalized spacial score (nSPS) is 22.1. The highest BCUT2D eigenvalue weighted by molar-refractivity contribution is 5.69. The van der Waals surface area contributed by atoms with Crippen molar-refractivity contribution < 1.29 is 9.53 Å². The lowest BCUT2D eigenvalue weighted by atomic mass is 9.89. The van der Waals surface area contributed by atoms with E-state index in [1.807, 2.05) is 51.3 Å². The van der Waals surface area contributed by atoms with Crippen molar-refractivity contribution in [3.8, 4) is 11.1 Å². The van der Waals surface area contributed by atoms with Gasteiger partial charge in [-0.05, 0) is 46.5 Å². The molecule has 0 spiro atoms. The molecule has 2 unspecified atom stereocenters. The van der Waals surface area contributed by atoms with Crippen LogP contribution in [-0.4, -0.2) is 54.5 Å². The van der Waals surface area contributed by atoms with Crippen LogP contribution in [0.4, 0.5) is 10.7 Å². The van der Waals surface area contributed by atoms with E-state index in [0.717, 1.165) is 36.8 Å². The van der Waals surface area contributed by atoms with E-state index in [4.69, 9.17) is 4.74 Å². The first-order valence-corrected chi connectivity index (χ1v) is 10.8. The molecular formula is C22H34N6O2. The highest BCUT2D eigenvalue weighted by Crippen LogP contribution is 2.30. The molecule has 30 heavy (non-hydrogen) atoms. The summed E-state index contributed by atoms with van der Waals surface area (Å²) >= 11 is 0. The molecule has 0 saturated carbocycles. The molecule has 0 aliphatic carbocycles. The average molecular weight is 415 g/mol. The lowest BCUT2D eigenvalue weighted by Gasteiger charge is -2.45. The van der Waals surface area contributed by atoms with Crippen LogP contribution >= 0.6 is 0 Å². The van der Waals surface area contributed by atoms with Gasteiger partial charge in [0.1, 0.15) is 5.60 Å². The predicted molar refractivity (Wildman–Crippen MR) is 117 cm³/mol. The summed E-state index contributed by atoms with van der Waals surface area (Å²) in [6.07, 6.45) is 10.6. The number of carbonyl (C=O) groups excluding carboxylic acids is 1. The number of rotatable bonds is 5. The molecule has 0 radical (unpaired) electrons. The molecule has 3 rings (SSSR count). The Morgan fingerprint density at radius 2 is 1.70 bits per heavy atom. The number of ether oxygens (including phenoxy) is 1. The van der Waals surface area contributed by atoms with Crippen molar-refractivity contribution in [3.05, 3.63) is 24.8 Å². The molecular weight excluding hydrogens is 380 g/mol. The number of amides is 1. The number of carbonyl (C=O) groups is 1. The van der Waals surface area contributed by atoms with Gasteiger partial charge >= 0.3 is 6.09 Å². The van der Waals surface area contributed by atoms with Crippen LogP contribution in [0.25, 0.3) is 11.1 Å². The van der Waals surface area contributed by atoms with E-state index in [2.05, 4.69) is 34.2 Å². The zero-order valence-corrected chi connectivity index (χ0v) is 18.9. The standard InChI is InChI=1S/C22H34N6O2/c1-7-18-9-17(10-19(8-2)28(18)21(29)30-22(3,4)5)26-20-23-11-15(12-24-20)16-13-25-27(6)14-16/h11-14,17-19H,7-10H2,1-6H3,(H,23,24,26). The number of likely N-dealkylation sites (tertiary alicyclic amines) is 1. The molecule has 1 amide bonds. The molecule has 2 aromatic rings. The van der Waals surface area contributed by atoms with Gasteiger partial charge in [-0.15, -0.1) is 0 Å². The smallest absolute Gasteiger partial charge is 0.410 e. The third-order valence-corrected chi connectivity index (χ3v) is 5.47. The molecule has 1 aliphatic rings. The molecule has 1 aliphatic heterocycles. The minimum absolute atomic E-state index is 0.130. The number of piperidine rings is 1. The van der Waals surface area contributed by atoms with Crippen LogP contribution in [0.3, 0.4) is 0 Å². The maximum Gasteiger partial charge on any atom is 0.410 e. The van der Waals surface area contributed by atoms with E-state index in [9.17, 15) is 4.79 Å². The molecule has 164 valence electrons. The second-order valence-corrected chi connectivity index (χ2v) is 9.02. The molecule has 2 aromatic heterocycles. The summed E-state index contributed by atoms with van der Waals surface area (Å²) in [4.78, 5) is 23.8. The largest absolute Gasteiger partial charge is 0.444 e. The number of hydrogen-bond acceptors (Lipinski definition) is 6. The second kappa shape index (κ2) is 9.02. The molecule has 8 nitrogen and oxygen atoms in total. The Morgan fingerprint density at radius 1 is 1.10 bits per heavy atom. The van der Waals surface area contributed by atoms with Crippen LogP contribution in [0.15, 0.2) is 24.8 Å². The van der Waals surface area contributed by atoms with Crippen molar-refractivity contribution in [2.45, 2.75) is 84.0 Å². The summed E-state index contributed by atoms with van der Waals surface area (Å²) in [6, 6.07) is 0.472. The molecule has 1 N–H and O–H groups in total. The van der Waals surface area contributed by atoms with E-state index in [1.165, 1.54) is 0 Å². The van der Waals surface area contributed by atoms with Crippen molar-refractivity contribution in [2.75, 3.05) is 5.32 Å². The lowest BCUT2D eigenvalue weighted by Crippen LogP contribution is -2.55. The summed E-state index contributed by atoms with van der Waals surface area (Å²) in [5.41, 5.74) is 1.44. The zero-order chi connectivity index (χ0) is 21.9. The first-order valence-electron chi connectivity index (χ1n) is 10.8. The maximum atomic E-state index is 12.8. The Balaban J connectivity index is 1.68. The van der Waals surface area contributed by atoms with Gasteiger partial charge in [-0.3, -0.25) is 4.68 Å². The SMILES string of the molecule is CCC1CC(Nc2ncc(-c3cnn(C)c3)cn2)CC(CC)N1C(=O)OC(C)(C)C. The van der Waals surface area contributed by atoms with Crippen molar-refractivity contribution in [1.82, 2.24) is 24.6 Å². The molecule has 3 heterocycles. The number of nitrogens with zero attached hydrogens (tertiary/aromatic N) is 5.